The predicted octanol–water partition coefficient (Wildman–Crippen LogP) is 2.94. The fraction of sp³-hybridized carbons (Fsp3) is 0.222. The molecule has 1 aliphatic heterocycles. The molecule has 0 amide bonds. The second-order valence-electron chi connectivity index (χ2n) is 6.03. The van der Waals surface area contributed by atoms with Gasteiger partial charge in [0.05, 0.1) is 16.1 Å². The Kier molecular flexibility index (Phi) is 4.19. The van der Waals surface area contributed by atoms with Crippen LogP contribution in [0, 0.1) is 0 Å². The summed E-state index contributed by atoms with van der Waals surface area (Å²) in [7, 11) is -3.72. The third-order valence-electron chi connectivity index (χ3n) is 4.47. The predicted molar refractivity (Wildman–Crippen MR) is 101 cm³/mol. The Morgan fingerprint density at radius 3 is 2.52 bits per heavy atom. The van der Waals surface area contributed by atoms with E-state index in [0.717, 1.165) is 37.3 Å². The van der Waals surface area contributed by atoms with E-state index < -0.39 is 10.0 Å². The molecular formula is C18H18ClN3O2S. The van der Waals surface area contributed by atoms with Crippen LogP contribution in [0.2, 0.25) is 5.02 Å². The zero-order valence-corrected chi connectivity index (χ0v) is 15.1. The van der Waals surface area contributed by atoms with Crippen molar-refractivity contribution < 1.29 is 8.42 Å². The van der Waals surface area contributed by atoms with Gasteiger partial charge in [-0.05, 0) is 30.3 Å². The largest absolute Gasteiger partial charge is 0.367 e. The molecule has 7 heteroatoms. The van der Waals surface area contributed by atoms with Gasteiger partial charge in [0.1, 0.15) is 0 Å². The van der Waals surface area contributed by atoms with Crippen molar-refractivity contribution in [2.45, 2.75) is 4.90 Å². The average molecular weight is 376 g/mol. The molecule has 1 saturated heterocycles. The molecule has 1 N–H and O–H groups in total. The SMILES string of the molecule is O=S(=O)(c1cccc(Cl)c1)n1ccc2cccc(N3CCNCC3)c21. The molecule has 2 heterocycles. The fourth-order valence-corrected chi connectivity index (χ4v) is 4.92. The van der Waals surface area contributed by atoms with Crippen molar-refractivity contribution in [2.24, 2.45) is 0 Å². The summed E-state index contributed by atoms with van der Waals surface area (Å²) < 4.78 is 27.7. The van der Waals surface area contributed by atoms with Crippen LogP contribution >= 0.6 is 11.6 Å². The second-order valence-corrected chi connectivity index (χ2v) is 8.28. The van der Waals surface area contributed by atoms with Crippen molar-refractivity contribution in [3.05, 3.63) is 59.8 Å². The molecule has 0 unspecified atom stereocenters. The third-order valence-corrected chi connectivity index (χ3v) is 6.37. The number of para-hydroxylation sites is 1. The lowest BCUT2D eigenvalue weighted by Gasteiger charge is -2.30. The molecule has 5 nitrogen and oxygen atoms in total. The van der Waals surface area contributed by atoms with Crippen molar-refractivity contribution in [2.75, 3.05) is 31.1 Å². The van der Waals surface area contributed by atoms with E-state index in [0.29, 0.717) is 10.5 Å². The highest BCUT2D eigenvalue weighted by atomic mass is 35.5. The summed E-state index contributed by atoms with van der Waals surface area (Å²) in [4.78, 5) is 2.41. The highest BCUT2D eigenvalue weighted by molar-refractivity contribution is 7.90. The van der Waals surface area contributed by atoms with Gasteiger partial charge in [-0.1, -0.05) is 29.8 Å². The van der Waals surface area contributed by atoms with Gasteiger partial charge >= 0.3 is 0 Å². The van der Waals surface area contributed by atoms with E-state index in [-0.39, 0.29) is 4.90 Å². The average Bonchev–Trinajstić information content (AvgIpc) is 3.07. The van der Waals surface area contributed by atoms with Crippen LogP contribution in [0.3, 0.4) is 0 Å². The van der Waals surface area contributed by atoms with E-state index >= 15 is 0 Å². The van der Waals surface area contributed by atoms with Gasteiger partial charge in [0.15, 0.2) is 0 Å². The van der Waals surface area contributed by atoms with Crippen LogP contribution in [0.5, 0.6) is 0 Å². The topological polar surface area (TPSA) is 54.3 Å². The molecule has 0 bridgehead atoms. The van der Waals surface area contributed by atoms with Gasteiger partial charge in [-0.15, -0.1) is 0 Å². The number of aromatic nitrogens is 1. The zero-order chi connectivity index (χ0) is 17.4. The molecule has 25 heavy (non-hydrogen) atoms. The summed E-state index contributed by atoms with van der Waals surface area (Å²) in [6, 6.07) is 14.1. The maximum absolute atomic E-state index is 13.2. The summed E-state index contributed by atoms with van der Waals surface area (Å²) in [5, 5.41) is 4.63. The number of anilines is 1. The van der Waals surface area contributed by atoms with Crippen LogP contribution in [0.25, 0.3) is 10.9 Å². The Balaban J connectivity index is 1.90. The lowest BCUT2D eigenvalue weighted by atomic mass is 10.2. The highest BCUT2D eigenvalue weighted by Gasteiger charge is 2.23. The van der Waals surface area contributed by atoms with E-state index in [2.05, 4.69) is 10.2 Å². The normalized spacial score (nSPS) is 15.6. The first-order chi connectivity index (χ1) is 12.1. The van der Waals surface area contributed by atoms with Crippen molar-refractivity contribution in [3.8, 4) is 0 Å². The quantitative estimate of drug-likeness (QED) is 0.764. The van der Waals surface area contributed by atoms with Crippen LogP contribution in [-0.2, 0) is 10.0 Å². The molecule has 2 aromatic carbocycles. The van der Waals surface area contributed by atoms with Crippen LogP contribution in [0.1, 0.15) is 0 Å². The van der Waals surface area contributed by atoms with Crippen LogP contribution in [0.15, 0.2) is 59.6 Å². The summed E-state index contributed by atoms with van der Waals surface area (Å²) in [5.74, 6) is 0. The first kappa shape index (κ1) is 16.4. The molecular weight excluding hydrogens is 358 g/mol. The van der Waals surface area contributed by atoms with Crippen molar-refractivity contribution in [3.63, 3.8) is 0 Å². The lowest BCUT2D eigenvalue weighted by molar-refractivity contribution is 0.586. The fourth-order valence-electron chi connectivity index (χ4n) is 3.25. The summed E-state index contributed by atoms with van der Waals surface area (Å²) in [5.41, 5.74) is 1.65. The third kappa shape index (κ3) is 2.90. The zero-order valence-electron chi connectivity index (χ0n) is 13.5. The standard InChI is InChI=1S/C18H18ClN3O2S/c19-15-4-2-5-16(13-15)25(23,24)22-10-7-14-3-1-6-17(18(14)22)21-11-8-20-9-12-21/h1-7,10,13,20H,8-9,11-12H2. The Bertz CT molecular complexity index is 1020. The van der Waals surface area contributed by atoms with Gasteiger partial charge in [0, 0.05) is 42.8 Å². The number of piperazine rings is 1. The van der Waals surface area contributed by atoms with E-state index in [9.17, 15) is 8.42 Å². The van der Waals surface area contributed by atoms with Crippen LogP contribution in [-0.4, -0.2) is 38.6 Å². The minimum atomic E-state index is -3.72. The minimum absolute atomic E-state index is 0.188. The molecule has 0 saturated carbocycles. The molecule has 0 radical (unpaired) electrons. The van der Waals surface area contributed by atoms with Crippen molar-refractivity contribution in [1.29, 1.82) is 0 Å². The van der Waals surface area contributed by atoms with Gasteiger partial charge in [-0.25, -0.2) is 12.4 Å². The van der Waals surface area contributed by atoms with E-state index in [4.69, 9.17) is 11.6 Å². The number of rotatable bonds is 3. The van der Waals surface area contributed by atoms with Gasteiger partial charge < -0.3 is 10.2 Å². The van der Waals surface area contributed by atoms with Crippen molar-refractivity contribution >= 4 is 38.2 Å². The molecule has 1 aromatic heterocycles. The molecule has 1 fully saturated rings. The van der Waals surface area contributed by atoms with E-state index in [1.807, 2.05) is 24.3 Å². The molecule has 130 valence electrons. The Hall–Kier alpha value is -2.02. The summed E-state index contributed by atoms with van der Waals surface area (Å²) >= 11 is 5.99. The Labute approximate surface area is 151 Å². The second kappa shape index (κ2) is 6.37. The maximum atomic E-state index is 13.2. The van der Waals surface area contributed by atoms with E-state index in [1.54, 1.807) is 24.4 Å². The number of halogens is 1. The minimum Gasteiger partial charge on any atom is -0.367 e. The monoisotopic (exact) mass is 375 g/mol. The van der Waals surface area contributed by atoms with Gasteiger partial charge in [-0.3, -0.25) is 0 Å². The number of hydrogen-bond donors (Lipinski definition) is 1. The molecule has 1 aliphatic rings. The smallest absolute Gasteiger partial charge is 0.268 e. The number of hydrogen-bond acceptors (Lipinski definition) is 4. The Morgan fingerprint density at radius 2 is 1.76 bits per heavy atom. The maximum Gasteiger partial charge on any atom is 0.268 e. The number of nitrogens with zero attached hydrogens (tertiary/aromatic N) is 2. The molecule has 0 aliphatic carbocycles. The Morgan fingerprint density at radius 1 is 1.00 bits per heavy atom. The highest BCUT2D eigenvalue weighted by Crippen LogP contribution is 2.31. The van der Waals surface area contributed by atoms with Gasteiger partial charge in [0.25, 0.3) is 10.0 Å². The molecule has 0 atom stereocenters. The first-order valence-electron chi connectivity index (χ1n) is 8.14. The summed E-state index contributed by atoms with van der Waals surface area (Å²) in [6.07, 6.45) is 1.62. The van der Waals surface area contributed by atoms with Gasteiger partial charge in [0.2, 0.25) is 0 Å². The van der Waals surface area contributed by atoms with Gasteiger partial charge in [-0.2, -0.15) is 0 Å². The van der Waals surface area contributed by atoms with E-state index in [1.165, 1.54) is 10.0 Å². The lowest BCUT2D eigenvalue weighted by Crippen LogP contribution is -2.43. The number of fused-ring (bicyclic) bond motifs is 1. The number of nitrogens with one attached hydrogen (secondary N) is 1. The number of benzene rings is 2. The van der Waals surface area contributed by atoms with Crippen molar-refractivity contribution in [1.82, 2.24) is 9.29 Å². The molecule has 3 aromatic rings. The summed E-state index contributed by atoms with van der Waals surface area (Å²) in [6.45, 7) is 3.47. The first-order valence-corrected chi connectivity index (χ1v) is 9.96. The van der Waals surface area contributed by atoms with Crippen LogP contribution < -0.4 is 10.2 Å². The molecule has 0 spiro atoms. The molecule has 4 rings (SSSR count). The van der Waals surface area contributed by atoms with Crippen LogP contribution in [0.4, 0.5) is 5.69 Å².